The van der Waals surface area contributed by atoms with Gasteiger partial charge in [0.05, 0.1) is 16.1 Å². The zero-order chi connectivity index (χ0) is 24.8. The highest BCUT2D eigenvalue weighted by molar-refractivity contribution is 7.89. The Bertz CT molecular complexity index is 1200. The molecule has 0 saturated heterocycles. The number of unbranched alkanes of at least 4 members (excludes halogenated alkanes) is 1. The number of aryl methyl sites for hydroxylation is 1. The molecule has 1 atom stereocenters. The summed E-state index contributed by atoms with van der Waals surface area (Å²) < 4.78 is 28.9. The van der Waals surface area contributed by atoms with E-state index < -0.39 is 27.5 Å². The molecule has 0 saturated carbocycles. The lowest BCUT2D eigenvalue weighted by atomic mass is 10.2. The normalized spacial score (nSPS) is 12.3. The van der Waals surface area contributed by atoms with E-state index in [9.17, 15) is 22.8 Å². The lowest BCUT2D eigenvalue weighted by Crippen LogP contribution is -2.33. The number of carbonyl (C=O) groups excluding carboxylic acids is 2. The second kappa shape index (κ2) is 11.6. The van der Waals surface area contributed by atoms with E-state index in [1.54, 1.807) is 19.1 Å². The molecule has 0 bridgehead atoms. The van der Waals surface area contributed by atoms with Crippen molar-refractivity contribution in [3.8, 4) is 0 Å². The van der Waals surface area contributed by atoms with E-state index in [0.29, 0.717) is 24.9 Å². The van der Waals surface area contributed by atoms with Crippen molar-refractivity contribution in [1.29, 1.82) is 0 Å². The molecular formula is C20H25Cl2N5O5S. The minimum Gasteiger partial charge on any atom is -0.356 e. The van der Waals surface area contributed by atoms with Crippen LogP contribution < -0.4 is 20.9 Å². The van der Waals surface area contributed by atoms with Crippen LogP contribution in [-0.2, 0) is 19.6 Å². The van der Waals surface area contributed by atoms with Gasteiger partial charge in [0.1, 0.15) is 11.1 Å². The summed E-state index contributed by atoms with van der Waals surface area (Å²) in [6, 6.07) is 3.42. The smallest absolute Gasteiger partial charge is 0.287 e. The molecule has 0 aliphatic carbocycles. The van der Waals surface area contributed by atoms with Gasteiger partial charge in [0.15, 0.2) is 0 Å². The van der Waals surface area contributed by atoms with E-state index in [0.717, 1.165) is 10.9 Å². The predicted molar refractivity (Wildman–Crippen MR) is 126 cm³/mol. The van der Waals surface area contributed by atoms with Gasteiger partial charge < -0.3 is 10.6 Å². The Morgan fingerprint density at radius 3 is 2.52 bits per heavy atom. The number of hydrogen-bond donors (Lipinski definition) is 3. The van der Waals surface area contributed by atoms with Gasteiger partial charge in [0, 0.05) is 25.7 Å². The van der Waals surface area contributed by atoms with Gasteiger partial charge >= 0.3 is 0 Å². The maximum Gasteiger partial charge on any atom is 0.287 e. The lowest BCUT2D eigenvalue weighted by molar-refractivity contribution is -0.119. The fraction of sp³-hybridized carbons (Fsp3) is 0.400. The Morgan fingerprint density at radius 2 is 1.85 bits per heavy atom. The number of sulfonamides is 1. The molecule has 10 nitrogen and oxygen atoms in total. The first-order valence-corrected chi connectivity index (χ1v) is 12.3. The van der Waals surface area contributed by atoms with Gasteiger partial charge in [-0.05, 0) is 44.4 Å². The summed E-state index contributed by atoms with van der Waals surface area (Å²) >= 11 is 11.6. The number of nitrogens with zero attached hydrogens (tertiary/aromatic N) is 2. The van der Waals surface area contributed by atoms with E-state index in [1.807, 2.05) is 0 Å². The Morgan fingerprint density at radius 1 is 1.18 bits per heavy atom. The van der Waals surface area contributed by atoms with Crippen LogP contribution in [0, 0.1) is 6.92 Å². The van der Waals surface area contributed by atoms with Crippen LogP contribution in [0.15, 0.2) is 34.1 Å². The summed E-state index contributed by atoms with van der Waals surface area (Å²) in [6.45, 7) is 5.16. The van der Waals surface area contributed by atoms with Crippen LogP contribution in [0.5, 0.6) is 0 Å². The molecule has 2 aromatic rings. The van der Waals surface area contributed by atoms with Crippen LogP contribution in [-0.4, -0.2) is 43.1 Å². The van der Waals surface area contributed by atoms with Crippen molar-refractivity contribution in [2.45, 2.75) is 44.6 Å². The Labute approximate surface area is 201 Å². The van der Waals surface area contributed by atoms with Crippen LogP contribution in [0.2, 0.25) is 10.0 Å². The summed E-state index contributed by atoms with van der Waals surface area (Å²) in [5.41, 5.74) is 0.00690. The highest BCUT2D eigenvalue weighted by Crippen LogP contribution is 2.21. The van der Waals surface area contributed by atoms with Crippen LogP contribution >= 0.6 is 23.2 Å². The average molecular weight is 518 g/mol. The number of amides is 2. The molecule has 2 rings (SSSR count). The van der Waals surface area contributed by atoms with Crippen molar-refractivity contribution >= 4 is 50.7 Å². The number of rotatable bonds is 10. The van der Waals surface area contributed by atoms with Crippen molar-refractivity contribution in [1.82, 2.24) is 19.8 Å². The third-order valence-electron chi connectivity index (χ3n) is 4.66. The SMILES string of the molecule is CC(=O)NCCCCNS(=O)(=O)c1cc(NC(=O)[C@H](C)n2ncc(Cl)c(Cl)c2=O)ccc1C. The molecule has 1 aromatic carbocycles. The van der Waals surface area contributed by atoms with Crippen molar-refractivity contribution < 1.29 is 18.0 Å². The highest BCUT2D eigenvalue weighted by Gasteiger charge is 2.22. The number of benzene rings is 1. The quantitative estimate of drug-likeness (QED) is 0.413. The molecular weight excluding hydrogens is 493 g/mol. The highest BCUT2D eigenvalue weighted by atomic mass is 35.5. The average Bonchev–Trinajstić information content (AvgIpc) is 2.75. The second-order valence-electron chi connectivity index (χ2n) is 7.29. The molecule has 180 valence electrons. The van der Waals surface area contributed by atoms with Gasteiger partial charge in [-0.1, -0.05) is 29.3 Å². The number of hydrogen-bond acceptors (Lipinski definition) is 6. The van der Waals surface area contributed by atoms with Gasteiger partial charge in [0.2, 0.25) is 21.8 Å². The topological polar surface area (TPSA) is 139 Å². The number of anilines is 1. The standard InChI is InChI=1S/C20H25Cl2N5O5S/c1-12-6-7-15(10-17(12)33(31,32)25-9-5-4-8-23-14(3)28)26-19(29)13(2)27-20(30)18(22)16(21)11-24-27/h6-7,10-11,13,25H,4-5,8-9H2,1-3H3,(H,23,28)(H,26,29)/t13-/m0/s1. The summed E-state index contributed by atoms with van der Waals surface area (Å²) in [5.74, 6) is -0.736. The van der Waals surface area contributed by atoms with Crippen molar-refractivity contribution in [2.75, 3.05) is 18.4 Å². The Balaban J connectivity index is 2.09. The van der Waals surface area contributed by atoms with Crippen LogP contribution in [0.3, 0.4) is 0 Å². The van der Waals surface area contributed by atoms with Gasteiger partial charge in [-0.15, -0.1) is 0 Å². The first-order valence-electron chi connectivity index (χ1n) is 10.0. The molecule has 0 aliphatic heterocycles. The third kappa shape index (κ3) is 7.26. The monoisotopic (exact) mass is 517 g/mol. The molecule has 1 heterocycles. The lowest BCUT2D eigenvalue weighted by Gasteiger charge is -2.16. The molecule has 13 heteroatoms. The number of aromatic nitrogens is 2. The molecule has 3 N–H and O–H groups in total. The first-order chi connectivity index (χ1) is 15.4. The fourth-order valence-corrected chi connectivity index (χ4v) is 4.43. The largest absolute Gasteiger partial charge is 0.356 e. The number of carbonyl (C=O) groups is 2. The predicted octanol–water partition coefficient (Wildman–Crippen LogP) is 2.25. The molecule has 0 spiro atoms. The number of nitrogens with one attached hydrogen (secondary N) is 3. The first kappa shape index (κ1) is 26.8. The van der Waals surface area contributed by atoms with E-state index in [2.05, 4.69) is 20.5 Å². The Kier molecular flexibility index (Phi) is 9.41. The summed E-state index contributed by atoms with van der Waals surface area (Å²) in [6.07, 6.45) is 2.32. The molecule has 0 fully saturated rings. The van der Waals surface area contributed by atoms with E-state index in [1.165, 1.54) is 19.9 Å². The van der Waals surface area contributed by atoms with Crippen molar-refractivity contribution in [3.05, 3.63) is 50.4 Å². The van der Waals surface area contributed by atoms with Crippen LogP contribution in [0.1, 0.15) is 38.3 Å². The zero-order valence-electron chi connectivity index (χ0n) is 18.3. The molecule has 0 radical (unpaired) electrons. The summed E-state index contributed by atoms with van der Waals surface area (Å²) in [5, 5.41) is 8.79. The van der Waals surface area contributed by atoms with Crippen LogP contribution in [0.25, 0.3) is 0 Å². The second-order valence-corrected chi connectivity index (χ2v) is 9.81. The molecule has 1 aromatic heterocycles. The third-order valence-corrected chi connectivity index (χ3v) is 7.01. The van der Waals surface area contributed by atoms with E-state index in [4.69, 9.17) is 23.2 Å². The molecule has 0 aliphatic rings. The minimum absolute atomic E-state index is 0.0136. The van der Waals surface area contributed by atoms with E-state index >= 15 is 0 Å². The maximum atomic E-state index is 12.7. The Hall–Kier alpha value is -2.47. The molecule has 33 heavy (non-hydrogen) atoms. The van der Waals surface area contributed by atoms with E-state index in [-0.39, 0.29) is 33.1 Å². The summed E-state index contributed by atoms with van der Waals surface area (Å²) in [4.78, 5) is 35.7. The summed E-state index contributed by atoms with van der Waals surface area (Å²) in [7, 11) is -3.83. The van der Waals surface area contributed by atoms with Crippen LogP contribution in [0.4, 0.5) is 5.69 Å². The fourth-order valence-electron chi connectivity index (χ4n) is 2.82. The van der Waals surface area contributed by atoms with Gasteiger partial charge in [0.25, 0.3) is 5.56 Å². The van der Waals surface area contributed by atoms with Crippen molar-refractivity contribution in [2.24, 2.45) is 0 Å². The number of halogens is 2. The van der Waals surface area contributed by atoms with Crippen molar-refractivity contribution in [3.63, 3.8) is 0 Å². The van der Waals surface area contributed by atoms with Gasteiger partial charge in [-0.3, -0.25) is 14.4 Å². The van der Waals surface area contributed by atoms with Gasteiger partial charge in [-0.25, -0.2) is 17.8 Å². The molecule has 2 amide bonds. The maximum absolute atomic E-state index is 12.7. The minimum atomic E-state index is -3.83. The molecule has 0 unspecified atom stereocenters. The van der Waals surface area contributed by atoms with Gasteiger partial charge in [-0.2, -0.15) is 5.10 Å². The zero-order valence-corrected chi connectivity index (χ0v) is 20.6.